The van der Waals surface area contributed by atoms with Crippen LogP contribution in [0.1, 0.15) is 30.7 Å². The number of hydrogen-bond donors (Lipinski definition) is 0. The maximum Gasteiger partial charge on any atom is 0.207 e. The summed E-state index contributed by atoms with van der Waals surface area (Å²) in [6.45, 7) is 6.35. The number of hydrogen-bond acceptors (Lipinski definition) is 2. The molecule has 0 spiro atoms. The van der Waals surface area contributed by atoms with Gasteiger partial charge in [0, 0.05) is 10.9 Å². The van der Waals surface area contributed by atoms with Crippen LogP contribution in [0.3, 0.4) is 0 Å². The van der Waals surface area contributed by atoms with Gasteiger partial charge < -0.3 is 4.42 Å². The van der Waals surface area contributed by atoms with Gasteiger partial charge in [-0.25, -0.2) is 0 Å². The molecule has 0 unspecified atom stereocenters. The lowest BCUT2D eigenvalue weighted by Gasteiger charge is -2.02. The van der Waals surface area contributed by atoms with E-state index in [-0.39, 0.29) is 0 Å². The molecule has 16 heavy (non-hydrogen) atoms. The van der Waals surface area contributed by atoms with Gasteiger partial charge in [-0.3, -0.25) is 0 Å². The molecule has 2 rings (SSSR count). The van der Waals surface area contributed by atoms with Crippen molar-refractivity contribution in [3.05, 3.63) is 35.1 Å². The van der Waals surface area contributed by atoms with Crippen LogP contribution in [0.4, 0.5) is 0 Å². The maximum atomic E-state index is 9.06. The Labute approximate surface area is 95.5 Å². The zero-order chi connectivity index (χ0) is 11.7. The van der Waals surface area contributed by atoms with Gasteiger partial charge in [0.25, 0.3) is 0 Å². The fourth-order valence-electron chi connectivity index (χ4n) is 1.96. The zero-order valence-electron chi connectivity index (χ0n) is 9.87. The van der Waals surface area contributed by atoms with E-state index in [1.807, 2.05) is 12.1 Å². The van der Waals surface area contributed by atoms with E-state index in [1.54, 1.807) is 0 Å². The lowest BCUT2D eigenvalue weighted by molar-refractivity contribution is 0.579. The second-order valence-electron chi connectivity index (χ2n) is 4.62. The number of nitriles is 1. The smallest absolute Gasteiger partial charge is 0.207 e. The minimum Gasteiger partial charge on any atom is -0.445 e. The van der Waals surface area contributed by atoms with Crippen LogP contribution in [-0.4, -0.2) is 0 Å². The first-order valence-corrected chi connectivity index (χ1v) is 5.54. The van der Waals surface area contributed by atoms with Gasteiger partial charge in [-0.1, -0.05) is 25.5 Å². The minimum atomic E-state index is 0.467. The van der Waals surface area contributed by atoms with Gasteiger partial charge in [0.05, 0.1) is 0 Å². The lowest BCUT2D eigenvalue weighted by Crippen LogP contribution is -1.95. The minimum absolute atomic E-state index is 0.467. The van der Waals surface area contributed by atoms with E-state index in [1.165, 1.54) is 5.56 Å². The third kappa shape index (κ3) is 1.81. The molecule has 1 aromatic carbocycles. The Morgan fingerprint density at radius 1 is 1.38 bits per heavy atom. The quantitative estimate of drug-likeness (QED) is 0.760. The summed E-state index contributed by atoms with van der Waals surface area (Å²) in [7, 11) is 0. The average Bonchev–Trinajstić information content (AvgIpc) is 2.56. The summed E-state index contributed by atoms with van der Waals surface area (Å²) in [4.78, 5) is 0. The predicted molar refractivity (Wildman–Crippen MR) is 64.2 cm³/mol. The largest absolute Gasteiger partial charge is 0.445 e. The van der Waals surface area contributed by atoms with Gasteiger partial charge in [0.15, 0.2) is 0 Å². The Hall–Kier alpha value is -1.75. The fourth-order valence-corrected chi connectivity index (χ4v) is 1.96. The lowest BCUT2D eigenvalue weighted by atomic mass is 9.99. The number of aryl methyl sites for hydroxylation is 1. The van der Waals surface area contributed by atoms with Gasteiger partial charge in [-0.15, -0.1) is 0 Å². The van der Waals surface area contributed by atoms with E-state index in [0.717, 1.165) is 23.0 Å². The summed E-state index contributed by atoms with van der Waals surface area (Å²) in [6, 6.07) is 8.18. The molecule has 2 aromatic rings. The molecule has 0 N–H and O–H groups in total. The van der Waals surface area contributed by atoms with E-state index in [9.17, 15) is 0 Å². The van der Waals surface area contributed by atoms with Gasteiger partial charge in [0.1, 0.15) is 11.7 Å². The summed E-state index contributed by atoms with van der Waals surface area (Å²) in [5, 5.41) is 10.1. The van der Waals surface area contributed by atoms with Gasteiger partial charge in [-0.2, -0.15) is 5.26 Å². The second-order valence-corrected chi connectivity index (χ2v) is 4.62. The number of benzene rings is 1. The highest BCUT2D eigenvalue weighted by Crippen LogP contribution is 2.28. The Balaban J connectivity index is 2.67. The number of nitrogens with zero attached hydrogens (tertiary/aromatic N) is 1. The Morgan fingerprint density at radius 3 is 2.75 bits per heavy atom. The molecule has 0 radical (unpaired) electrons. The first kappa shape index (κ1) is 10.8. The molecule has 0 atom stereocenters. The van der Waals surface area contributed by atoms with Crippen molar-refractivity contribution < 1.29 is 4.42 Å². The topological polar surface area (TPSA) is 36.9 Å². The second kappa shape index (κ2) is 4.02. The molecule has 2 nitrogen and oxygen atoms in total. The molecule has 0 aliphatic carbocycles. The highest BCUT2D eigenvalue weighted by Gasteiger charge is 2.14. The first-order valence-electron chi connectivity index (χ1n) is 5.54. The van der Waals surface area contributed by atoms with Crippen LogP contribution in [0.5, 0.6) is 0 Å². The molecular formula is C14H15NO. The van der Waals surface area contributed by atoms with Gasteiger partial charge in [0.2, 0.25) is 5.76 Å². The molecule has 0 aliphatic heterocycles. The molecule has 0 saturated heterocycles. The summed E-state index contributed by atoms with van der Waals surface area (Å²) in [5.74, 6) is 0.989. The molecule has 0 bridgehead atoms. The number of furan rings is 1. The molecule has 1 aromatic heterocycles. The van der Waals surface area contributed by atoms with Crippen molar-refractivity contribution in [2.75, 3.05) is 0 Å². The van der Waals surface area contributed by atoms with E-state index < -0.39 is 0 Å². The van der Waals surface area contributed by atoms with E-state index in [0.29, 0.717) is 11.7 Å². The third-order valence-corrected chi connectivity index (χ3v) is 2.66. The van der Waals surface area contributed by atoms with Crippen molar-refractivity contribution in [2.45, 2.75) is 27.2 Å². The van der Waals surface area contributed by atoms with E-state index in [4.69, 9.17) is 9.68 Å². The summed E-state index contributed by atoms with van der Waals surface area (Å²) in [5.41, 5.74) is 3.07. The van der Waals surface area contributed by atoms with Gasteiger partial charge in [-0.05, 0) is 31.4 Å². The van der Waals surface area contributed by atoms with E-state index in [2.05, 4.69) is 32.9 Å². The molecule has 2 heteroatoms. The van der Waals surface area contributed by atoms with Crippen LogP contribution in [0.2, 0.25) is 0 Å². The third-order valence-electron chi connectivity index (χ3n) is 2.66. The molecule has 1 heterocycles. The van der Waals surface area contributed by atoms with Crippen molar-refractivity contribution in [3.63, 3.8) is 0 Å². The Morgan fingerprint density at radius 2 is 2.12 bits per heavy atom. The van der Waals surface area contributed by atoms with Crippen LogP contribution in [0.25, 0.3) is 11.0 Å². The van der Waals surface area contributed by atoms with Crippen LogP contribution in [-0.2, 0) is 6.42 Å². The van der Waals surface area contributed by atoms with Crippen molar-refractivity contribution in [2.24, 2.45) is 5.92 Å². The van der Waals surface area contributed by atoms with Crippen LogP contribution in [0, 0.1) is 24.2 Å². The molecule has 0 aliphatic rings. The van der Waals surface area contributed by atoms with E-state index >= 15 is 0 Å². The fraction of sp³-hybridized carbons (Fsp3) is 0.357. The van der Waals surface area contributed by atoms with Crippen LogP contribution in [0.15, 0.2) is 22.6 Å². The highest BCUT2D eigenvalue weighted by molar-refractivity contribution is 5.84. The first-order chi connectivity index (χ1) is 7.61. The Bertz CT molecular complexity index is 558. The molecule has 0 amide bonds. The SMILES string of the molecule is Cc1ccc2oc(C#N)c(CC(C)C)c2c1. The van der Waals surface area contributed by atoms with Crippen molar-refractivity contribution in [1.82, 2.24) is 0 Å². The average molecular weight is 213 g/mol. The summed E-state index contributed by atoms with van der Waals surface area (Å²) >= 11 is 0. The summed E-state index contributed by atoms with van der Waals surface area (Å²) < 4.78 is 5.54. The number of fused-ring (bicyclic) bond motifs is 1. The zero-order valence-corrected chi connectivity index (χ0v) is 9.87. The maximum absolute atomic E-state index is 9.06. The monoisotopic (exact) mass is 213 g/mol. The Kier molecular flexibility index (Phi) is 2.70. The summed E-state index contributed by atoms with van der Waals surface area (Å²) in [6.07, 6.45) is 0.888. The van der Waals surface area contributed by atoms with Crippen molar-refractivity contribution >= 4 is 11.0 Å². The standard InChI is InChI=1S/C14H15NO/c1-9(2)6-11-12-7-10(3)4-5-13(12)16-14(11)8-15/h4-5,7,9H,6H2,1-3H3. The highest BCUT2D eigenvalue weighted by atomic mass is 16.3. The van der Waals surface area contributed by atoms with Crippen LogP contribution >= 0.6 is 0 Å². The normalized spacial score (nSPS) is 10.9. The molecule has 0 fully saturated rings. The van der Waals surface area contributed by atoms with Crippen molar-refractivity contribution in [3.8, 4) is 6.07 Å². The molecular weight excluding hydrogens is 198 g/mol. The predicted octanol–water partition coefficient (Wildman–Crippen LogP) is 3.81. The van der Waals surface area contributed by atoms with Crippen molar-refractivity contribution in [1.29, 1.82) is 5.26 Å². The molecule has 0 saturated carbocycles. The van der Waals surface area contributed by atoms with Gasteiger partial charge >= 0.3 is 0 Å². The number of rotatable bonds is 2. The molecule has 82 valence electrons. The van der Waals surface area contributed by atoms with Crippen LogP contribution < -0.4 is 0 Å².